The van der Waals surface area contributed by atoms with Crippen LogP contribution in [0.15, 0.2) is 22.6 Å². The number of aryl methyl sites for hydroxylation is 1. The van der Waals surface area contributed by atoms with Gasteiger partial charge in [-0.25, -0.2) is 13.4 Å². The lowest BCUT2D eigenvalue weighted by atomic mass is 10.5. The molecule has 2 aromatic heterocycles. The molecule has 5 nitrogen and oxygen atoms in total. The number of rotatable bonds is 4. The molecule has 0 saturated carbocycles. The van der Waals surface area contributed by atoms with Crippen LogP contribution in [-0.2, 0) is 16.4 Å². The van der Waals surface area contributed by atoms with E-state index in [0.29, 0.717) is 10.2 Å². The van der Waals surface area contributed by atoms with Gasteiger partial charge in [0.05, 0.1) is 22.8 Å². The van der Waals surface area contributed by atoms with Gasteiger partial charge in [-0.2, -0.15) is 0 Å². The summed E-state index contributed by atoms with van der Waals surface area (Å²) in [6.45, 7) is 3.43. The van der Waals surface area contributed by atoms with Gasteiger partial charge in [0.25, 0.3) is 5.56 Å². The molecule has 2 aromatic rings. The van der Waals surface area contributed by atoms with Gasteiger partial charge in [-0.1, -0.05) is 0 Å². The van der Waals surface area contributed by atoms with E-state index in [1.54, 1.807) is 25.3 Å². The number of nitrogens with zero attached hydrogens (tertiary/aromatic N) is 2. The topological polar surface area (TPSA) is 69.0 Å². The summed E-state index contributed by atoms with van der Waals surface area (Å²) in [6, 6.07) is 1.77. The van der Waals surface area contributed by atoms with Crippen LogP contribution < -0.4 is 5.56 Å². The van der Waals surface area contributed by atoms with Gasteiger partial charge in [0.2, 0.25) is 0 Å². The van der Waals surface area contributed by atoms with E-state index in [1.807, 2.05) is 0 Å². The van der Waals surface area contributed by atoms with Crippen LogP contribution >= 0.6 is 11.3 Å². The average Bonchev–Trinajstić information content (AvgIpc) is 2.77. The summed E-state index contributed by atoms with van der Waals surface area (Å²) in [5.74, 6) is -0.0386. The summed E-state index contributed by atoms with van der Waals surface area (Å²) in [6.07, 6.45) is 1.41. The van der Waals surface area contributed by atoms with Crippen LogP contribution in [0.3, 0.4) is 0 Å². The summed E-state index contributed by atoms with van der Waals surface area (Å²) in [7, 11) is -3.14. The van der Waals surface area contributed by atoms with Gasteiger partial charge >= 0.3 is 0 Å². The first kappa shape index (κ1) is 13.2. The van der Waals surface area contributed by atoms with Gasteiger partial charge in [0, 0.05) is 6.54 Å². The van der Waals surface area contributed by atoms with Crippen molar-refractivity contribution in [1.29, 1.82) is 0 Å². The molecule has 0 fully saturated rings. The van der Waals surface area contributed by atoms with E-state index < -0.39 is 15.1 Å². The molecule has 0 aromatic carbocycles. The Hall–Kier alpha value is -1.21. The number of sulfone groups is 1. The Morgan fingerprint density at radius 1 is 1.44 bits per heavy atom. The van der Waals surface area contributed by atoms with Gasteiger partial charge in [0.15, 0.2) is 9.84 Å². The number of thiophene rings is 1. The second kappa shape index (κ2) is 4.81. The van der Waals surface area contributed by atoms with Crippen molar-refractivity contribution in [2.75, 3.05) is 5.75 Å². The van der Waals surface area contributed by atoms with Crippen molar-refractivity contribution < 1.29 is 8.42 Å². The second-order valence-corrected chi connectivity index (χ2v) is 7.89. The van der Waals surface area contributed by atoms with Crippen molar-refractivity contribution in [1.82, 2.24) is 9.55 Å². The molecular formula is C11H14N2O3S2. The maximum absolute atomic E-state index is 12.0. The lowest BCUT2D eigenvalue weighted by Crippen LogP contribution is -2.26. The van der Waals surface area contributed by atoms with E-state index in [-0.39, 0.29) is 17.9 Å². The van der Waals surface area contributed by atoms with Crippen LogP contribution in [0.4, 0.5) is 0 Å². The first-order chi connectivity index (χ1) is 8.42. The molecule has 0 radical (unpaired) electrons. The van der Waals surface area contributed by atoms with Crippen LogP contribution in [-0.4, -0.2) is 29.0 Å². The van der Waals surface area contributed by atoms with E-state index in [4.69, 9.17) is 0 Å². The molecular weight excluding hydrogens is 272 g/mol. The first-order valence-electron chi connectivity index (χ1n) is 5.56. The Labute approximate surface area is 109 Å². The second-order valence-electron chi connectivity index (χ2n) is 4.29. The lowest BCUT2D eigenvalue weighted by molar-refractivity contribution is 0.578. The van der Waals surface area contributed by atoms with Gasteiger partial charge in [-0.3, -0.25) is 9.36 Å². The number of aromatic nitrogens is 2. The Morgan fingerprint density at radius 3 is 2.83 bits per heavy atom. The third-order valence-corrected chi connectivity index (χ3v) is 5.85. The Morgan fingerprint density at radius 2 is 2.17 bits per heavy atom. The third kappa shape index (κ3) is 2.46. The molecule has 0 atom stereocenters. The SMILES string of the molecule is CC(C)S(=O)(=O)CCn1cnc2ccsc2c1=O. The van der Waals surface area contributed by atoms with Gasteiger partial charge in [0.1, 0.15) is 4.70 Å². The lowest BCUT2D eigenvalue weighted by Gasteiger charge is -2.08. The normalized spacial score (nSPS) is 12.4. The molecule has 0 saturated heterocycles. The first-order valence-corrected chi connectivity index (χ1v) is 8.15. The molecule has 18 heavy (non-hydrogen) atoms. The maximum atomic E-state index is 12.0. The highest BCUT2D eigenvalue weighted by atomic mass is 32.2. The highest BCUT2D eigenvalue weighted by Crippen LogP contribution is 2.13. The zero-order chi connectivity index (χ0) is 13.3. The molecule has 7 heteroatoms. The van der Waals surface area contributed by atoms with Crippen LogP contribution in [0.25, 0.3) is 10.2 Å². The van der Waals surface area contributed by atoms with E-state index in [2.05, 4.69) is 4.98 Å². The van der Waals surface area contributed by atoms with Crippen LogP contribution in [0.1, 0.15) is 13.8 Å². The Bertz CT molecular complexity index is 713. The van der Waals surface area contributed by atoms with Crippen molar-refractivity contribution in [3.8, 4) is 0 Å². The van der Waals surface area contributed by atoms with E-state index in [9.17, 15) is 13.2 Å². The molecule has 0 bridgehead atoms. The molecule has 0 spiro atoms. The van der Waals surface area contributed by atoms with E-state index in [1.165, 1.54) is 22.2 Å². The fraction of sp³-hybridized carbons (Fsp3) is 0.455. The predicted octanol–water partition coefficient (Wildman–Crippen LogP) is 1.28. The molecule has 0 N–H and O–H groups in total. The monoisotopic (exact) mass is 286 g/mol. The summed E-state index contributed by atoms with van der Waals surface area (Å²) < 4.78 is 25.3. The summed E-state index contributed by atoms with van der Waals surface area (Å²) >= 11 is 1.32. The molecule has 0 unspecified atom stereocenters. The van der Waals surface area contributed by atoms with Crippen LogP contribution in [0, 0.1) is 0 Å². The molecule has 98 valence electrons. The molecule has 0 aliphatic heterocycles. The predicted molar refractivity (Wildman–Crippen MR) is 72.8 cm³/mol. The molecule has 2 rings (SSSR count). The van der Waals surface area contributed by atoms with Gasteiger partial charge in [-0.05, 0) is 25.3 Å². The fourth-order valence-electron chi connectivity index (χ4n) is 1.50. The molecule has 0 aliphatic carbocycles. The standard InChI is InChI=1S/C11H14N2O3S2/c1-8(2)18(15,16)6-4-13-7-12-9-3-5-17-10(9)11(13)14/h3,5,7-8H,4,6H2,1-2H3. The van der Waals surface area contributed by atoms with Crippen molar-refractivity contribution in [2.24, 2.45) is 0 Å². The smallest absolute Gasteiger partial charge is 0.271 e. The largest absolute Gasteiger partial charge is 0.297 e. The minimum atomic E-state index is -3.14. The number of hydrogen-bond donors (Lipinski definition) is 0. The molecule has 0 amide bonds. The zero-order valence-corrected chi connectivity index (χ0v) is 11.8. The maximum Gasteiger partial charge on any atom is 0.271 e. The highest BCUT2D eigenvalue weighted by molar-refractivity contribution is 7.91. The summed E-state index contributed by atoms with van der Waals surface area (Å²) in [5.41, 5.74) is 0.488. The van der Waals surface area contributed by atoms with Crippen molar-refractivity contribution in [3.05, 3.63) is 28.1 Å². The van der Waals surface area contributed by atoms with E-state index >= 15 is 0 Å². The quantitative estimate of drug-likeness (QED) is 0.849. The minimum absolute atomic E-state index is 0.0386. The van der Waals surface area contributed by atoms with Gasteiger partial charge in [-0.15, -0.1) is 11.3 Å². The molecule has 0 aliphatic rings. The Balaban J connectivity index is 2.28. The fourth-order valence-corrected chi connectivity index (χ4v) is 3.21. The summed E-state index contributed by atoms with van der Waals surface area (Å²) in [5, 5.41) is 1.38. The van der Waals surface area contributed by atoms with Gasteiger partial charge < -0.3 is 0 Å². The Kier molecular flexibility index (Phi) is 3.54. The van der Waals surface area contributed by atoms with Crippen LogP contribution in [0.5, 0.6) is 0 Å². The third-order valence-electron chi connectivity index (χ3n) is 2.77. The van der Waals surface area contributed by atoms with Crippen molar-refractivity contribution in [2.45, 2.75) is 25.6 Å². The number of hydrogen-bond acceptors (Lipinski definition) is 5. The van der Waals surface area contributed by atoms with E-state index in [0.717, 1.165) is 0 Å². The minimum Gasteiger partial charge on any atom is -0.297 e. The summed E-state index contributed by atoms with van der Waals surface area (Å²) in [4.78, 5) is 16.1. The average molecular weight is 286 g/mol. The highest BCUT2D eigenvalue weighted by Gasteiger charge is 2.16. The van der Waals surface area contributed by atoms with Crippen LogP contribution in [0.2, 0.25) is 0 Å². The van der Waals surface area contributed by atoms with Crippen molar-refractivity contribution in [3.63, 3.8) is 0 Å². The number of fused-ring (bicyclic) bond motifs is 1. The molecule has 2 heterocycles. The zero-order valence-electron chi connectivity index (χ0n) is 10.2. The van der Waals surface area contributed by atoms with Crippen molar-refractivity contribution >= 4 is 31.4 Å².